The summed E-state index contributed by atoms with van der Waals surface area (Å²) in [6.07, 6.45) is -1.79. The van der Waals surface area contributed by atoms with Crippen molar-refractivity contribution in [3.05, 3.63) is 53.8 Å². The van der Waals surface area contributed by atoms with E-state index < -0.39 is 51.1 Å². The molecule has 5 atom stereocenters. The van der Waals surface area contributed by atoms with Gasteiger partial charge in [-0.25, -0.2) is 13.3 Å². The molecule has 1 saturated heterocycles. The average molecular weight is 489 g/mol. The molecule has 170 valence electrons. The number of thiocarbonyl (C=S) groups is 1. The molecular formula is C19H17F2N2O7PS. The van der Waals surface area contributed by atoms with Crippen molar-refractivity contribution in [2.75, 3.05) is 6.56 Å². The highest BCUT2D eigenvalue weighted by atomic mass is 32.1. The summed E-state index contributed by atoms with van der Waals surface area (Å²) < 4.78 is 86.3. The number of rotatable bonds is 4. The number of fused-ring (bicyclic) bond motifs is 1. The summed E-state index contributed by atoms with van der Waals surface area (Å²) in [6, 6.07) is 3.07. The largest absolute Gasteiger partial charge is 0.530 e. The van der Waals surface area contributed by atoms with Gasteiger partial charge in [-0.3, -0.25) is 9.05 Å². The minimum atomic E-state index is -4.90. The summed E-state index contributed by atoms with van der Waals surface area (Å²) in [5.74, 6) is -2.83. The van der Waals surface area contributed by atoms with Crippen molar-refractivity contribution in [3.63, 3.8) is 0 Å². The molecule has 1 aromatic carbocycles. The number of alkyl halides is 1. The second-order valence-electron chi connectivity index (χ2n) is 6.69. The van der Waals surface area contributed by atoms with E-state index in [-0.39, 0.29) is 27.7 Å². The predicted molar refractivity (Wildman–Crippen MR) is 110 cm³/mol. The third-order valence-electron chi connectivity index (χ3n) is 4.54. The van der Waals surface area contributed by atoms with Crippen LogP contribution in [0.25, 0.3) is 0 Å². The Morgan fingerprint density at radius 2 is 2.34 bits per heavy atom. The molecule has 3 N–H and O–H groups in total. The minimum absolute atomic E-state index is 0.0107. The lowest BCUT2D eigenvalue weighted by Gasteiger charge is -2.34. The molecule has 9 nitrogen and oxygen atoms in total. The summed E-state index contributed by atoms with van der Waals surface area (Å²) in [6.45, 7) is -0.797. The van der Waals surface area contributed by atoms with Crippen molar-refractivity contribution >= 4 is 25.0 Å². The van der Waals surface area contributed by atoms with Crippen LogP contribution in [-0.4, -0.2) is 50.9 Å². The molecular weight excluding hydrogens is 469 g/mol. The Bertz CT molecular complexity index is 1250. The van der Waals surface area contributed by atoms with Gasteiger partial charge in [0.15, 0.2) is 6.20 Å². The molecule has 3 aliphatic rings. The number of aliphatic hydroxyl groups excluding tert-OH is 2. The molecule has 4 rings (SSSR count). The molecule has 1 unspecified atom stereocenters. The molecule has 0 aromatic heterocycles. The lowest BCUT2D eigenvalue weighted by Crippen LogP contribution is -2.47. The molecule has 1 aromatic rings. The molecule has 32 heavy (non-hydrogen) atoms. The Hall–Kier alpha value is -2.36. The summed E-state index contributed by atoms with van der Waals surface area (Å²) in [7, 11) is -4.90. The summed E-state index contributed by atoms with van der Waals surface area (Å²) in [5.41, 5.74) is 0.113. The molecule has 3 heterocycles. The van der Waals surface area contributed by atoms with Gasteiger partial charge in [0, 0.05) is 11.8 Å². The molecule has 1 fully saturated rings. The second kappa shape index (κ2) is 8.20. The van der Waals surface area contributed by atoms with Crippen molar-refractivity contribution in [1.82, 2.24) is 10.2 Å². The normalized spacial score (nSPS) is 38.4. The van der Waals surface area contributed by atoms with Crippen LogP contribution < -0.4 is 9.84 Å². The van der Waals surface area contributed by atoms with E-state index in [1.807, 2.05) is 0 Å². The van der Waals surface area contributed by atoms with E-state index in [0.717, 1.165) is 24.4 Å². The van der Waals surface area contributed by atoms with Crippen LogP contribution in [0, 0.1) is 18.2 Å². The van der Waals surface area contributed by atoms with Crippen LogP contribution in [0.2, 0.25) is 0 Å². The molecule has 0 saturated carbocycles. The fraction of sp³-hybridized carbons (Fsp3) is 0.316. The monoisotopic (exact) mass is 489 g/mol. The van der Waals surface area contributed by atoms with E-state index in [9.17, 15) is 19.2 Å². The molecule has 0 aliphatic carbocycles. The van der Waals surface area contributed by atoms with Gasteiger partial charge in [0.2, 0.25) is 0 Å². The molecule has 3 aliphatic heterocycles. The van der Waals surface area contributed by atoms with Crippen LogP contribution in [0.1, 0.15) is 9.68 Å². The van der Waals surface area contributed by atoms with E-state index in [2.05, 4.69) is 17.8 Å². The number of nitrogens with zero attached hydrogens (tertiary/aromatic N) is 1. The lowest BCUT2D eigenvalue weighted by molar-refractivity contribution is -0.207. The number of phosphoric acid groups is 1. The van der Waals surface area contributed by atoms with Gasteiger partial charge in [-0.2, -0.15) is 0 Å². The third-order valence-corrected chi connectivity index (χ3v) is 6.04. The van der Waals surface area contributed by atoms with Crippen LogP contribution in [0.5, 0.6) is 5.75 Å². The van der Waals surface area contributed by atoms with Gasteiger partial charge in [-0.15, -0.1) is 6.42 Å². The van der Waals surface area contributed by atoms with Gasteiger partial charge in [-0.1, -0.05) is 24.7 Å². The zero-order valence-corrected chi connectivity index (χ0v) is 17.7. The first-order valence-corrected chi connectivity index (χ1v) is 10.7. The first kappa shape index (κ1) is 19.1. The van der Waals surface area contributed by atoms with Crippen molar-refractivity contribution in [2.45, 2.75) is 30.9 Å². The van der Waals surface area contributed by atoms with E-state index in [4.69, 9.17) is 41.1 Å². The Morgan fingerprint density at radius 1 is 1.59 bits per heavy atom. The highest BCUT2D eigenvalue weighted by molar-refractivity contribution is 7.80. The number of halogens is 2. The van der Waals surface area contributed by atoms with E-state index in [1.165, 1.54) is 0 Å². The molecule has 0 radical (unpaired) electrons. The topological polar surface area (TPSA) is 110 Å². The number of ether oxygens (including phenoxy) is 1. The van der Waals surface area contributed by atoms with Gasteiger partial charge in [-0.05, 0) is 18.2 Å². The maximum Gasteiger partial charge on any atom is 0.530 e. The predicted octanol–water partition coefficient (Wildman–Crippen LogP) is 1.82. The van der Waals surface area contributed by atoms with Gasteiger partial charge in [0.05, 0.1) is 16.3 Å². The number of benzene rings is 1. The first-order valence-electron chi connectivity index (χ1n) is 10.3. The minimum Gasteiger partial charge on any atom is -0.404 e. The Kier molecular flexibility index (Phi) is 4.91. The molecule has 0 amide bonds. The Balaban J connectivity index is 1.64. The van der Waals surface area contributed by atoms with E-state index >= 15 is 4.39 Å². The van der Waals surface area contributed by atoms with Gasteiger partial charge < -0.3 is 29.7 Å². The van der Waals surface area contributed by atoms with Gasteiger partial charge >= 0.3 is 7.82 Å². The van der Waals surface area contributed by atoms with Gasteiger partial charge in [0.1, 0.15) is 41.1 Å². The van der Waals surface area contributed by atoms with Crippen LogP contribution in [0.15, 0.2) is 42.4 Å². The summed E-state index contributed by atoms with van der Waals surface area (Å²) in [5, 5.41) is 23.5. The van der Waals surface area contributed by atoms with E-state index in [0.29, 0.717) is 4.90 Å². The number of nitrogens with one attached hydrogen (secondary N) is 1. The lowest BCUT2D eigenvalue weighted by atomic mass is 10.1. The van der Waals surface area contributed by atoms with Crippen molar-refractivity contribution in [1.29, 1.82) is 0 Å². The quantitative estimate of drug-likeness (QED) is 0.329. The number of hydrogen-bond acceptors (Lipinski definition) is 9. The fourth-order valence-electron chi connectivity index (χ4n) is 2.92. The van der Waals surface area contributed by atoms with Crippen LogP contribution >= 0.6 is 20.0 Å². The molecule has 13 heteroatoms. The number of phosphoric ester groups is 1. The van der Waals surface area contributed by atoms with Crippen LogP contribution in [0.4, 0.5) is 8.78 Å². The van der Waals surface area contributed by atoms with Crippen molar-refractivity contribution < 1.29 is 46.0 Å². The Morgan fingerprint density at radius 3 is 3.06 bits per heavy atom. The SMILES string of the molecule is [2H]C([2H])(OP1(=O)OCc2cc(F)ccc2O1)[C@@]1(F)O[C@@]([2H])(N2C=C(C#C)C(=S)NC2=C)[C@H](O)[C@@H]1O. The van der Waals surface area contributed by atoms with Gasteiger partial charge in [0.25, 0.3) is 5.85 Å². The molecule has 0 bridgehead atoms. The standard InChI is InChI=1S/C19H17F2N2O7PS/c1-3-11-7-23(10(2)22-17(11)32)18-15(24)16(25)19(21,29-18)9-28-31(26)27-8-12-6-13(20)4-5-14(12)30-31/h1,4-7,15-16,18,24-25H,2,8-9H2,(H,22,32)/t15-,16+,18-,19-,31?/m1/s1/i9D2,18D. The first-order chi connectivity index (χ1) is 16.2. The highest BCUT2D eigenvalue weighted by Crippen LogP contribution is 2.55. The maximum atomic E-state index is 15.9. The second-order valence-corrected chi connectivity index (χ2v) is 8.62. The smallest absolute Gasteiger partial charge is 0.404 e. The average Bonchev–Trinajstić information content (AvgIpc) is 2.95. The summed E-state index contributed by atoms with van der Waals surface area (Å²) >= 11 is 5.01. The van der Waals surface area contributed by atoms with Crippen molar-refractivity contribution in [2.24, 2.45) is 0 Å². The maximum absolute atomic E-state index is 15.9. The third kappa shape index (κ3) is 4.04. The fourth-order valence-corrected chi connectivity index (χ4v) is 4.24. The number of terminal acetylenes is 1. The Labute approximate surface area is 191 Å². The van der Waals surface area contributed by atoms with Crippen LogP contribution in [-0.2, 0) is 25.0 Å². The molecule has 0 spiro atoms. The highest BCUT2D eigenvalue weighted by Gasteiger charge is 2.58. The summed E-state index contributed by atoms with van der Waals surface area (Å²) in [4.78, 5) is 0.726. The number of aliphatic hydroxyl groups is 2. The van der Waals surface area contributed by atoms with Crippen LogP contribution in [0.3, 0.4) is 0 Å². The van der Waals surface area contributed by atoms with E-state index in [1.54, 1.807) is 0 Å². The zero-order valence-electron chi connectivity index (χ0n) is 18.9. The number of hydrogen-bond donors (Lipinski definition) is 3. The zero-order chi connectivity index (χ0) is 26.0. The van der Waals surface area contributed by atoms with Crippen molar-refractivity contribution in [3.8, 4) is 18.1 Å².